The van der Waals surface area contributed by atoms with Crippen LogP contribution in [0.3, 0.4) is 0 Å². The van der Waals surface area contributed by atoms with Crippen LogP contribution in [0.15, 0.2) is 11.3 Å². The zero-order chi connectivity index (χ0) is 18.2. The lowest BCUT2D eigenvalue weighted by Gasteiger charge is -2.36. The van der Waals surface area contributed by atoms with E-state index in [0.717, 1.165) is 0 Å². The summed E-state index contributed by atoms with van der Waals surface area (Å²) in [5.41, 5.74) is -3.31. The van der Waals surface area contributed by atoms with Crippen molar-refractivity contribution in [2.75, 3.05) is 0 Å². The summed E-state index contributed by atoms with van der Waals surface area (Å²) in [5.74, 6) is -16.7. The lowest BCUT2D eigenvalue weighted by Crippen LogP contribution is -2.53. The second-order valence-corrected chi connectivity index (χ2v) is 6.88. The van der Waals surface area contributed by atoms with E-state index in [4.69, 9.17) is 0 Å². The molecule has 0 radical (unpaired) electrons. The molecule has 2 saturated carbocycles. The average Bonchev–Trinajstić information content (AvgIpc) is 2.66. The molecule has 2 bridgehead atoms. The molecule has 0 spiro atoms. The summed E-state index contributed by atoms with van der Waals surface area (Å²) in [6.07, 6.45) is -6.12. The van der Waals surface area contributed by atoms with Crippen molar-refractivity contribution < 1.29 is 40.6 Å². The lowest BCUT2D eigenvalue weighted by atomic mass is 9.68. The molecule has 0 aromatic heterocycles. The van der Waals surface area contributed by atoms with E-state index >= 15 is 0 Å². The number of aliphatic hydroxyl groups is 1. The Bertz CT molecular complexity index is 588. The van der Waals surface area contributed by atoms with Crippen molar-refractivity contribution in [3.8, 4) is 0 Å². The van der Waals surface area contributed by atoms with Crippen LogP contribution in [0, 0.1) is 16.7 Å². The normalized spacial score (nSPS) is 33.3. The number of aliphatic hydroxyl groups excluding tert-OH is 1. The van der Waals surface area contributed by atoms with Crippen LogP contribution < -0.4 is 0 Å². The Morgan fingerprint density at radius 2 is 1.57 bits per heavy atom. The molecule has 132 valence electrons. The Balaban J connectivity index is 2.65. The maximum absolute atomic E-state index is 13.7. The van der Waals surface area contributed by atoms with Gasteiger partial charge in [0.25, 0.3) is 0 Å². The maximum atomic E-state index is 13.7. The SMILES string of the molecule is CC12CCC(C(=O)/C1=C(\O)C(F)(F)C(F)(F)C(F)(F)F)C2(C)C. The fraction of sp³-hybridized carbons (Fsp3) is 0.786. The summed E-state index contributed by atoms with van der Waals surface area (Å²) < 4.78 is 90.5. The first-order valence-electron chi connectivity index (χ1n) is 6.84. The molecule has 2 unspecified atom stereocenters. The van der Waals surface area contributed by atoms with E-state index in [2.05, 4.69) is 0 Å². The summed E-state index contributed by atoms with van der Waals surface area (Å²) in [7, 11) is 0. The second kappa shape index (κ2) is 4.42. The van der Waals surface area contributed by atoms with Gasteiger partial charge in [-0.25, -0.2) is 0 Å². The summed E-state index contributed by atoms with van der Waals surface area (Å²) in [6.45, 7) is 4.41. The number of hydrogen-bond donors (Lipinski definition) is 1. The van der Waals surface area contributed by atoms with Crippen LogP contribution in [0.25, 0.3) is 0 Å². The summed E-state index contributed by atoms with van der Waals surface area (Å²) in [4.78, 5) is 12.2. The minimum absolute atomic E-state index is 0.142. The Morgan fingerprint density at radius 3 is 1.91 bits per heavy atom. The molecule has 0 heterocycles. The molecular formula is C14H15F7O2. The third-order valence-corrected chi connectivity index (χ3v) is 5.63. The number of rotatable bonds is 2. The third kappa shape index (κ3) is 1.91. The molecular weight excluding hydrogens is 333 g/mol. The Morgan fingerprint density at radius 1 is 1.09 bits per heavy atom. The number of halogens is 7. The van der Waals surface area contributed by atoms with E-state index < -0.39 is 51.9 Å². The molecule has 2 aliphatic rings. The van der Waals surface area contributed by atoms with Gasteiger partial charge in [-0.15, -0.1) is 0 Å². The smallest absolute Gasteiger partial charge is 0.460 e. The van der Waals surface area contributed by atoms with Gasteiger partial charge in [-0.1, -0.05) is 20.8 Å². The standard InChI is InChI=1S/C14H15F7O2/c1-10(2)6-4-5-11(10,3)7(8(6)22)9(23)12(15,16)13(17,18)14(19,20)21/h6,23H,4-5H2,1-3H3/b9-7+. The predicted octanol–water partition coefficient (Wildman–Crippen LogP) is 4.66. The van der Waals surface area contributed by atoms with E-state index in [1.165, 1.54) is 6.92 Å². The Labute approximate surface area is 127 Å². The van der Waals surface area contributed by atoms with Crippen LogP contribution in [0.4, 0.5) is 30.7 Å². The zero-order valence-corrected chi connectivity index (χ0v) is 12.5. The van der Waals surface area contributed by atoms with E-state index in [0.29, 0.717) is 6.42 Å². The summed E-state index contributed by atoms with van der Waals surface area (Å²) >= 11 is 0. The fourth-order valence-electron chi connectivity index (χ4n) is 3.71. The number of carbonyl (C=O) groups is 1. The largest absolute Gasteiger partial charge is 0.506 e. The first kappa shape index (κ1) is 18.1. The van der Waals surface area contributed by atoms with Crippen LogP contribution >= 0.6 is 0 Å². The van der Waals surface area contributed by atoms with E-state index in [9.17, 15) is 40.6 Å². The molecule has 2 aliphatic carbocycles. The zero-order valence-electron chi connectivity index (χ0n) is 12.5. The highest BCUT2D eigenvalue weighted by Crippen LogP contribution is 2.68. The number of ketones is 1. The highest BCUT2D eigenvalue weighted by Gasteiger charge is 2.77. The number of Topliss-reactive ketones (excluding diaryl/α,β-unsaturated/α-hetero) is 1. The number of carbonyl (C=O) groups excluding carboxylic acids is 1. The molecule has 0 saturated heterocycles. The quantitative estimate of drug-likeness (QED) is 0.448. The van der Waals surface area contributed by atoms with Gasteiger partial charge in [0.15, 0.2) is 11.5 Å². The van der Waals surface area contributed by atoms with Gasteiger partial charge in [-0.2, -0.15) is 30.7 Å². The van der Waals surface area contributed by atoms with Crippen LogP contribution in [-0.2, 0) is 4.79 Å². The molecule has 0 aromatic rings. The van der Waals surface area contributed by atoms with Crippen molar-refractivity contribution >= 4 is 5.78 Å². The topological polar surface area (TPSA) is 37.3 Å². The Hall–Kier alpha value is -1.28. The summed E-state index contributed by atoms with van der Waals surface area (Å²) in [6, 6.07) is 0. The van der Waals surface area contributed by atoms with Gasteiger partial charge in [-0.05, 0) is 18.3 Å². The van der Waals surface area contributed by atoms with Crippen LogP contribution in [0.5, 0.6) is 0 Å². The first-order chi connectivity index (χ1) is 10.0. The van der Waals surface area contributed by atoms with Crippen molar-refractivity contribution in [2.24, 2.45) is 16.7 Å². The molecule has 2 nitrogen and oxygen atoms in total. The van der Waals surface area contributed by atoms with Crippen molar-refractivity contribution in [1.82, 2.24) is 0 Å². The van der Waals surface area contributed by atoms with Gasteiger partial charge < -0.3 is 5.11 Å². The van der Waals surface area contributed by atoms with Crippen molar-refractivity contribution in [3.05, 3.63) is 11.3 Å². The highest BCUT2D eigenvalue weighted by molar-refractivity contribution is 6.03. The molecule has 2 fully saturated rings. The molecule has 23 heavy (non-hydrogen) atoms. The van der Waals surface area contributed by atoms with Gasteiger partial charge >= 0.3 is 18.0 Å². The third-order valence-electron chi connectivity index (χ3n) is 5.63. The minimum Gasteiger partial charge on any atom is -0.506 e. The molecule has 2 rings (SSSR count). The first-order valence-corrected chi connectivity index (χ1v) is 6.84. The molecule has 9 heteroatoms. The van der Waals surface area contributed by atoms with Crippen LogP contribution in [0.2, 0.25) is 0 Å². The van der Waals surface area contributed by atoms with Crippen LogP contribution in [0.1, 0.15) is 33.6 Å². The van der Waals surface area contributed by atoms with E-state index in [1.807, 2.05) is 0 Å². The van der Waals surface area contributed by atoms with Gasteiger partial charge in [0.1, 0.15) is 0 Å². The number of hydrogen-bond acceptors (Lipinski definition) is 2. The van der Waals surface area contributed by atoms with E-state index in [-0.39, 0.29) is 6.42 Å². The highest BCUT2D eigenvalue weighted by atomic mass is 19.4. The summed E-state index contributed by atoms with van der Waals surface area (Å²) in [5, 5.41) is 9.59. The monoisotopic (exact) mass is 348 g/mol. The second-order valence-electron chi connectivity index (χ2n) is 6.88. The fourth-order valence-corrected chi connectivity index (χ4v) is 3.71. The number of fused-ring (bicyclic) bond motifs is 2. The van der Waals surface area contributed by atoms with Gasteiger partial charge in [-0.3, -0.25) is 4.79 Å². The molecule has 2 atom stereocenters. The predicted molar refractivity (Wildman–Crippen MR) is 65.2 cm³/mol. The van der Waals surface area contributed by atoms with Crippen LogP contribution in [-0.4, -0.2) is 28.9 Å². The van der Waals surface area contributed by atoms with Crippen molar-refractivity contribution in [2.45, 2.75) is 51.6 Å². The number of allylic oxidation sites excluding steroid dienone is 2. The number of alkyl halides is 7. The van der Waals surface area contributed by atoms with E-state index in [1.54, 1.807) is 13.8 Å². The van der Waals surface area contributed by atoms with Gasteiger partial charge in [0.2, 0.25) is 0 Å². The molecule has 0 aromatic carbocycles. The molecule has 0 aliphatic heterocycles. The average molecular weight is 348 g/mol. The molecule has 1 N–H and O–H groups in total. The Kier molecular flexibility index (Phi) is 3.47. The maximum Gasteiger partial charge on any atom is 0.460 e. The van der Waals surface area contributed by atoms with Gasteiger partial charge in [0, 0.05) is 16.9 Å². The van der Waals surface area contributed by atoms with Crippen molar-refractivity contribution in [1.29, 1.82) is 0 Å². The lowest BCUT2D eigenvalue weighted by molar-refractivity contribution is -0.349. The van der Waals surface area contributed by atoms with Crippen molar-refractivity contribution in [3.63, 3.8) is 0 Å². The molecule has 0 amide bonds. The minimum atomic E-state index is -6.57. The van der Waals surface area contributed by atoms with Gasteiger partial charge in [0.05, 0.1) is 0 Å².